The number of rotatable bonds is 5. The summed E-state index contributed by atoms with van der Waals surface area (Å²) in [5.74, 6) is 0.555. The van der Waals surface area contributed by atoms with Crippen molar-refractivity contribution in [1.29, 1.82) is 0 Å². The average molecular weight is 308 g/mol. The molecule has 6 heteroatoms. The van der Waals surface area contributed by atoms with Gasteiger partial charge in [-0.15, -0.1) is 0 Å². The Bertz CT molecular complexity index is 562. The lowest BCUT2D eigenvalue weighted by molar-refractivity contribution is -0.130. The van der Waals surface area contributed by atoms with Crippen molar-refractivity contribution in [1.82, 2.24) is 10.2 Å². The first-order chi connectivity index (χ1) is 10.2. The first-order valence-electron chi connectivity index (χ1n) is 7.57. The van der Waals surface area contributed by atoms with Crippen LogP contribution < -0.4 is 5.32 Å². The Morgan fingerprint density at radius 1 is 1.55 bits per heavy atom. The molecule has 0 aromatic carbocycles. The molecule has 1 aliphatic rings. The van der Waals surface area contributed by atoms with Crippen molar-refractivity contribution < 1.29 is 19.1 Å². The van der Waals surface area contributed by atoms with Crippen LogP contribution in [0.2, 0.25) is 0 Å². The quantitative estimate of drug-likeness (QED) is 0.855. The smallest absolute Gasteiger partial charge is 0.225 e. The maximum Gasteiger partial charge on any atom is 0.225 e. The van der Waals surface area contributed by atoms with Crippen molar-refractivity contribution in [2.45, 2.75) is 45.8 Å². The first-order valence-corrected chi connectivity index (χ1v) is 7.57. The minimum atomic E-state index is -1.27. The SMILES string of the molecule is Cc1ccc(C(C)(O)CNC(=O)C2CC(=O)N(C(C)C)C2)o1. The molecule has 1 saturated heterocycles. The van der Waals surface area contributed by atoms with E-state index in [0.29, 0.717) is 18.1 Å². The number of carbonyl (C=O) groups is 2. The van der Waals surface area contributed by atoms with Gasteiger partial charge in [-0.25, -0.2) is 0 Å². The summed E-state index contributed by atoms with van der Waals surface area (Å²) in [4.78, 5) is 25.8. The minimum Gasteiger partial charge on any atom is -0.463 e. The molecule has 122 valence electrons. The fourth-order valence-corrected chi connectivity index (χ4v) is 2.62. The molecule has 22 heavy (non-hydrogen) atoms. The lowest BCUT2D eigenvalue weighted by Crippen LogP contribution is -2.42. The molecule has 2 unspecified atom stereocenters. The summed E-state index contributed by atoms with van der Waals surface area (Å²) in [7, 11) is 0. The van der Waals surface area contributed by atoms with E-state index in [1.807, 2.05) is 13.8 Å². The number of amides is 2. The molecule has 0 radical (unpaired) electrons. The predicted molar refractivity (Wildman–Crippen MR) is 81.0 cm³/mol. The van der Waals surface area contributed by atoms with E-state index in [1.54, 1.807) is 30.9 Å². The van der Waals surface area contributed by atoms with Crippen LogP contribution in [0.25, 0.3) is 0 Å². The van der Waals surface area contributed by atoms with Gasteiger partial charge < -0.3 is 19.7 Å². The number of aryl methyl sites for hydroxylation is 1. The first kappa shape index (κ1) is 16.5. The van der Waals surface area contributed by atoms with E-state index in [9.17, 15) is 14.7 Å². The number of hydrogen-bond acceptors (Lipinski definition) is 4. The van der Waals surface area contributed by atoms with Gasteiger partial charge in [0, 0.05) is 19.0 Å². The molecule has 1 aliphatic heterocycles. The third-order valence-corrected chi connectivity index (χ3v) is 4.03. The van der Waals surface area contributed by atoms with Crippen molar-refractivity contribution in [3.8, 4) is 0 Å². The highest BCUT2D eigenvalue weighted by molar-refractivity contribution is 5.89. The van der Waals surface area contributed by atoms with Gasteiger partial charge in [0.15, 0.2) is 0 Å². The summed E-state index contributed by atoms with van der Waals surface area (Å²) in [5.41, 5.74) is -1.27. The molecule has 1 aromatic heterocycles. The second-order valence-electron chi connectivity index (χ2n) is 6.44. The van der Waals surface area contributed by atoms with Crippen molar-refractivity contribution >= 4 is 11.8 Å². The Kier molecular flexibility index (Phi) is 4.60. The summed E-state index contributed by atoms with van der Waals surface area (Å²) < 4.78 is 5.41. The fraction of sp³-hybridized carbons (Fsp3) is 0.625. The zero-order valence-corrected chi connectivity index (χ0v) is 13.5. The minimum absolute atomic E-state index is 0.00331. The van der Waals surface area contributed by atoms with Gasteiger partial charge in [-0.05, 0) is 39.8 Å². The van der Waals surface area contributed by atoms with E-state index < -0.39 is 5.60 Å². The third kappa shape index (κ3) is 3.50. The summed E-state index contributed by atoms with van der Waals surface area (Å²) in [6.45, 7) is 7.73. The molecule has 1 fully saturated rings. The lowest BCUT2D eigenvalue weighted by Gasteiger charge is -2.23. The van der Waals surface area contributed by atoms with Gasteiger partial charge >= 0.3 is 0 Å². The lowest BCUT2D eigenvalue weighted by atomic mass is 10.0. The molecule has 6 nitrogen and oxygen atoms in total. The van der Waals surface area contributed by atoms with Crippen LogP contribution in [0.5, 0.6) is 0 Å². The molecule has 1 aromatic rings. The van der Waals surface area contributed by atoms with E-state index in [4.69, 9.17) is 4.42 Å². The zero-order valence-electron chi connectivity index (χ0n) is 13.5. The van der Waals surface area contributed by atoms with E-state index >= 15 is 0 Å². The Morgan fingerprint density at radius 2 is 2.23 bits per heavy atom. The van der Waals surface area contributed by atoms with Gasteiger partial charge in [0.1, 0.15) is 17.1 Å². The highest BCUT2D eigenvalue weighted by Gasteiger charge is 2.36. The van der Waals surface area contributed by atoms with Crippen LogP contribution in [-0.4, -0.2) is 41.0 Å². The Morgan fingerprint density at radius 3 is 2.73 bits per heavy atom. The summed E-state index contributed by atoms with van der Waals surface area (Å²) in [6.07, 6.45) is 0.228. The molecular weight excluding hydrogens is 284 g/mol. The average Bonchev–Trinajstić information content (AvgIpc) is 3.02. The summed E-state index contributed by atoms with van der Waals surface area (Å²) in [6, 6.07) is 3.56. The largest absolute Gasteiger partial charge is 0.463 e. The van der Waals surface area contributed by atoms with E-state index in [2.05, 4.69) is 5.32 Å². The Balaban J connectivity index is 1.92. The van der Waals surface area contributed by atoms with Crippen molar-refractivity contribution in [2.75, 3.05) is 13.1 Å². The molecule has 2 atom stereocenters. The molecule has 0 aliphatic carbocycles. The summed E-state index contributed by atoms with van der Waals surface area (Å²) >= 11 is 0. The van der Waals surface area contributed by atoms with E-state index in [0.717, 1.165) is 0 Å². The van der Waals surface area contributed by atoms with Gasteiger partial charge in [0.25, 0.3) is 0 Å². The van der Waals surface area contributed by atoms with Crippen molar-refractivity contribution in [2.24, 2.45) is 5.92 Å². The van der Waals surface area contributed by atoms with Crippen LogP contribution in [0.1, 0.15) is 38.7 Å². The van der Waals surface area contributed by atoms with Crippen molar-refractivity contribution in [3.05, 3.63) is 23.7 Å². The molecule has 2 amide bonds. The molecular formula is C16H24N2O4. The monoisotopic (exact) mass is 308 g/mol. The van der Waals surface area contributed by atoms with Crippen LogP contribution in [0.15, 0.2) is 16.5 Å². The third-order valence-electron chi connectivity index (χ3n) is 4.03. The predicted octanol–water partition coefficient (Wildman–Crippen LogP) is 1.17. The molecule has 2 heterocycles. The molecule has 0 spiro atoms. The summed E-state index contributed by atoms with van der Waals surface area (Å²) in [5, 5.41) is 13.1. The van der Waals surface area contributed by atoms with E-state index in [-0.39, 0.29) is 36.7 Å². The van der Waals surface area contributed by atoms with Gasteiger partial charge in [0.2, 0.25) is 11.8 Å². The van der Waals surface area contributed by atoms with Gasteiger partial charge in [-0.3, -0.25) is 9.59 Å². The standard InChI is InChI=1S/C16H24N2O4/c1-10(2)18-8-12(7-14(18)19)15(20)17-9-16(4,21)13-6-5-11(3)22-13/h5-6,10,12,21H,7-9H2,1-4H3,(H,17,20). The fourth-order valence-electron chi connectivity index (χ4n) is 2.62. The van der Waals surface area contributed by atoms with Crippen molar-refractivity contribution in [3.63, 3.8) is 0 Å². The highest BCUT2D eigenvalue weighted by atomic mass is 16.4. The molecule has 0 saturated carbocycles. The van der Waals surface area contributed by atoms with Crippen LogP contribution >= 0.6 is 0 Å². The number of carbonyl (C=O) groups excluding carboxylic acids is 2. The van der Waals surface area contributed by atoms with Gasteiger partial charge in [-0.1, -0.05) is 0 Å². The second kappa shape index (κ2) is 6.12. The number of nitrogens with one attached hydrogen (secondary N) is 1. The van der Waals surface area contributed by atoms with Crippen LogP contribution in [-0.2, 0) is 15.2 Å². The second-order valence-corrected chi connectivity index (χ2v) is 6.44. The molecule has 0 bridgehead atoms. The topological polar surface area (TPSA) is 82.8 Å². The van der Waals surface area contributed by atoms with Crippen LogP contribution in [0.4, 0.5) is 0 Å². The number of furan rings is 1. The van der Waals surface area contributed by atoms with Gasteiger partial charge in [-0.2, -0.15) is 0 Å². The maximum absolute atomic E-state index is 12.2. The van der Waals surface area contributed by atoms with E-state index in [1.165, 1.54) is 0 Å². The highest BCUT2D eigenvalue weighted by Crippen LogP contribution is 2.23. The molecule has 2 N–H and O–H groups in total. The number of aliphatic hydroxyl groups is 1. The number of likely N-dealkylation sites (tertiary alicyclic amines) is 1. The normalized spacial score (nSPS) is 21.3. The number of hydrogen-bond donors (Lipinski definition) is 2. The van der Waals surface area contributed by atoms with Crippen LogP contribution in [0, 0.1) is 12.8 Å². The zero-order chi connectivity index (χ0) is 16.5. The Labute approximate surface area is 130 Å². The number of nitrogens with zero attached hydrogens (tertiary/aromatic N) is 1. The Hall–Kier alpha value is -1.82. The molecule has 2 rings (SSSR count). The maximum atomic E-state index is 12.2. The van der Waals surface area contributed by atoms with Crippen LogP contribution in [0.3, 0.4) is 0 Å². The van der Waals surface area contributed by atoms with Gasteiger partial charge in [0.05, 0.1) is 12.5 Å².